The number of carbonyl (C=O) groups excluding carboxylic acids is 2. The van der Waals surface area contributed by atoms with Crippen molar-refractivity contribution in [1.82, 2.24) is 10.2 Å². The molecule has 26 heavy (non-hydrogen) atoms. The minimum absolute atomic E-state index is 0.0783. The molecule has 0 aromatic heterocycles. The van der Waals surface area contributed by atoms with E-state index in [2.05, 4.69) is 23.2 Å². The number of ether oxygens (including phenoxy) is 2. The highest BCUT2D eigenvalue weighted by Crippen LogP contribution is 2.19. The zero-order chi connectivity index (χ0) is 18.9. The fourth-order valence-electron chi connectivity index (χ4n) is 2.79. The van der Waals surface area contributed by atoms with E-state index in [9.17, 15) is 9.59 Å². The fraction of sp³-hybridized carbons (Fsp3) is 0.400. The molecule has 0 fully saturated rings. The van der Waals surface area contributed by atoms with Crippen LogP contribution >= 0.6 is 0 Å². The first-order valence-electron chi connectivity index (χ1n) is 8.73. The Kier molecular flexibility index (Phi) is 7.41. The molecule has 1 aliphatic carbocycles. The molecule has 1 N–H and O–H groups in total. The van der Waals surface area contributed by atoms with Gasteiger partial charge in [0.25, 0.3) is 0 Å². The number of benzene rings is 1. The number of nitrogens with one attached hydrogen (secondary N) is 1. The van der Waals surface area contributed by atoms with Crippen molar-refractivity contribution < 1.29 is 19.1 Å². The van der Waals surface area contributed by atoms with Gasteiger partial charge in [0.1, 0.15) is 5.75 Å². The summed E-state index contributed by atoms with van der Waals surface area (Å²) < 4.78 is 10.3. The van der Waals surface area contributed by atoms with Crippen molar-refractivity contribution in [2.75, 3.05) is 33.9 Å². The van der Waals surface area contributed by atoms with Gasteiger partial charge in [-0.25, -0.2) is 0 Å². The number of hydrogen-bond acceptors (Lipinski definition) is 6. The second kappa shape index (κ2) is 9.77. The third-order valence-electron chi connectivity index (χ3n) is 4.27. The lowest BCUT2D eigenvalue weighted by molar-refractivity contribution is -0.117. The zero-order valence-corrected chi connectivity index (χ0v) is 15.6. The number of nitrogens with zero attached hydrogens (tertiary/aromatic N) is 1. The molecule has 0 atom stereocenters. The van der Waals surface area contributed by atoms with Crippen LogP contribution in [0.1, 0.15) is 18.9 Å². The standard InChI is InChI=1S/C20H26N2O4/c1-4-22(14-15-8-5-6-9-19(15)25-2)11-7-10-21-16-12-18(24)20(26-3)13-17(16)23/h5-6,8-9,12-13,21H,4,7,10-11,14H2,1-3H3. The Morgan fingerprint density at radius 1 is 1.04 bits per heavy atom. The zero-order valence-electron chi connectivity index (χ0n) is 15.6. The van der Waals surface area contributed by atoms with Gasteiger partial charge in [-0.3, -0.25) is 14.5 Å². The molecule has 0 saturated carbocycles. The van der Waals surface area contributed by atoms with Gasteiger partial charge in [0.05, 0.1) is 19.9 Å². The maximum absolute atomic E-state index is 11.9. The Balaban J connectivity index is 1.81. The van der Waals surface area contributed by atoms with Crippen LogP contribution in [0, 0.1) is 0 Å². The Hall–Kier alpha value is -2.60. The van der Waals surface area contributed by atoms with Crippen molar-refractivity contribution >= 4 is 11.6 Å². The number of carbonyl (C=O) groups is 2. The van der Waals surface area contributed by atoms with Crippen LogP contribution in [-0.2, 0) is 20.9 Å². The summed E-state index contributed by atoms with van der Waals surface area (Å²) in [6, 6.07) is 8.00. The highest BCUT2D eigenvalue weighted by molar-refractivity contribution is 6.18. The normalized spacial score (nSPS) is 14.2. The summed E-state index contributed by atoms with van der Waals surface area (Å²) in [5, 5.41) is 3.05. The van der Waals surface area contributed by atoms with Crippen LogP contribution in [0.3, 0.4) is 0 Å². The van der Waals surface area contributed by atoms with Crippen LogP contribution < -0.4 is 10.1 Å². The Morgan fingerprint density at radius 2 is 1.81 bits per heavy atom. The lowest BCUT2D eigenvalue weighted by Gasteiger charge is -2.22. The second-order valence-corrected chi connectivity index (χ2v) is 5.96. The maximum Gasteiger partial charge on any atom is 0.222 e. The summed E-state index contributed by atoms with van der Waals surface area (Å²) in [7, 11) is 3.06. The smallest absolute Gasteiger partial charge is 0.222 e. The van der Waals surface area contributed by atoms with Crippen LogP contribution in [0.2, 0.25) is 0 Å². The number of ketones is 2. The van der Waals surface area contributed by atoms with Gasteiger partial charge in [-0.1, -0.05) is 25.1 Å². The predicted octanol–water partition coefficient (Wildman–Crippen LogP) is 2.06. The molecule has 0 radical (unpaired) electrons. The molecule has 0 bridgehead atoms. The number of para-hydroxylation sites is 1. The highest BCUT2D eigenvalue weighted by atomic mass is 16.5. The van der Waals surface area contributed by atoms with Gasteiger partial charge in [-0.05, 0) is 19.0 Å². The Bertz CT molecular complexity index is 710. The molecule has 0 unspecified atom stereocenters. The molecule has 0 amide bonds. The van der Waals surface area contributed by atoms with Gasteiger partial charge in [0.2, 0.25) is 11.6 Å². The summed E-state index contributed by atoms with van der Waals surface area (Å²) in [4.78, 5) is 26.0. The van der Waals surface area contributed by atoms with E-state index >= 15 is 0 Å². The molecule has 1 aliphatic rings. The lowest BCUT2D eigenvalue weighted by Crippen LogP contribution is -2.29. The summed E-state index contributed by atoms with van der Waals surface area (Å²) in [6.07, 6.45) is 3.38. The van der Waals surface area contributed by atoms with E-state index in [-0.39, 0.29) is 17.3 Å². The molecule has 0 saturated heterocycles. The summed E-state index contributed by atoms with van der Waals surface area (Å²) >= 11 is 0. The van der Waals surface area contributed by atoms with Crippen molar-refractivity contribution in [3.63, 3.8) is 0 Å². The average molecular weight is 358 g/mol. The number of hydrogen-bond donors (Lipinski definition) is 1. The van der Waals surface area contributed by atoms with E-state index in [4.69, 9.17) is 9.47 Å². The van der Waals surface area contributed by atoms with E-state index in [1.807, 2.05) is 18.2 Å². The van der Waals surface area contributed by atoms with Crippen LogP contribution in [0.15, 0.2) is 47.9 Å². The molecule has 2 rings (SSSR count). The third kappa shape index (κ3) is 5.20. The summed E-state index contributed by atoms with van der Waals surface area (Å²) in [5.74, 6) is 0.444. The van der Waals surface area contributed by atoms with Gasteiger partial charge in [-0.2, -0.15) is 0 Å². The SMILES string of the molecule is CCN(CCCNC1=CC(=O)C(OC)=CC1=O)Cc1ccccc1OC. The molecule has 0 spiro atoms. The van der Waals surface area contributed by atoms with Gasteiger partial charge in [0, 0.05) is 37.3 Å². The quantitative estimate of drug-likeness (QED) is 0.510. The molecular weight excluding hydrogens is 332 g/mol. The molecule has 1 aromatic carbocycles. The molecule has 0 heterocycles. The number of methoxy groups -OCH3 is 2. The molecule has 6 heteroatoms. The lowest BCUT2D eigenvalue weighted by atomic mass is 10.1. The van der Waals surface area contributed by atoms with E-state index in [0.29, 0.717) is 12.2 Å². The maximum atomic E-state index is 11.9. The van der Waals surface area contributed by atoms with Gasteiger partial charge in [-0.15, -0.1) is 0 Å². The van der Waals surface area contributed by atoms with Gasteiger partial charge < -0.3 is 14.8 Å². The molecule has 140 valence electrons. The first-order valence-corrected chi connectivity index (χ1v) is 8.73. The molecule has 0 aliphatic heterocycles. The molecular formula is C20H26N2O4. The van der Waals surface area contributed by atoms with E-state index < -0.39 is 0 Å². The fourth-order valence-corrected chi connectivity index (χ4v) is 2.79. The van der Waals surface area contributed by atoms with Crippen LogP contribution in [-0.4, -0.2) is 50.3 Å². The largest absolute Gasteiger partial charge is 0.496 e. The van der Waals surface area contributed by atoms with Crippen molar-refractivity contribution in [2.45, 2.75) is 19.9 Å². The minimum atomic E-state index is -0.291. The average Bonchev–Trinajstić information content (AvgIpc) is 2.66. The summed E-state index contributed by atoms with van der Waals surface area (Å²) in [6.45, 7) is 5.32. The van der Waals surface area contributed by atoms with Crippen molar-refractivity contribution in [1.29, 1.82) is 0 Å². The highest BCUT2D eigenvalue weighted by Gasteiger charge is 2.20. The predicted molar refractivity (Wildman–Crippen MR) is 99.8 cm³/mol. The van der Waals surface area contributed by atoms with Crippen molar-refractivity contribution in [2.24, 2.45) is 0 Å². The van der Waals surface area contributed by atoms with Crippen LogP contribution in [0.4, 0.5) is 0 Å². The van der Waals surface area contributed by atoms with E-state index in [0.717, 1.165) is 37.4 Å². The number of rotatable bonds is 10. The first-order chi connectivity index (χ1) is 12.6. The van der Waals surface area contributed by atoms with Gasteiger partial charge in [0.15, 0.2) is 5.76 Å². The molecule has 6 nitrogen and oxygen atoms in total. The van der Waals surface area contributed by atoms with Crippen molar-refractivity contribution in [3.8, 4) is 5.75 Å². The second-order valence-electron chi connectivity index (χ2n) is 5.96. The molecule has 1 aromatic rings. The third-order valence-corrected chi connectivity index (χ3v) is 4.27. The van der Waals surface area contributed by atoms with Crippen LogP contribution in [0.5, 0.6) is 5.75 Å². The minimum Gasteiger partial charge on any atom is -0.496 e. The Labute approximate surface area is 154 Å². The Morgan fingerprint density at radius 3 is 2.50 bits per heavy atom. The van der Waals surface area contributed by atoms with E-state index in [1.165, 1.54) is 19.3 Å². The van der Waals surface area contributed by atoms with Crippen molar-refractivity contribution in [3.05, 3.63) is 53.4 Å². The first kappa shape index (κ1) is 19.7. The topological polar surface area (TPSA) is 67.9 Å². The van der Waals surface area contributed by atoms with Gasteiger partial charge >= 0.3 is 0 Å². The van der Waals surface area contributed by atoms with E-state index in [1.54, 1.807) is 7.11 Å². The number of allylic oxidation sites excluding steroid dienone is 2. The summed E-state index contributed by atoms with van der Waals surface area (Å²) in [5.41, 5.74) is 1.47. The van der Waals surface area contributed by atoms with Crippen LogP contribution in [0.25, 0.3) is 0 Å². The monoisotopic (exact) mass is 358 g/mol.